The van der Waals surface area contributed by atoms with E-state index in [2.05, 4.69) is 15.3 Å². The van der Waals surface area contributed by atoms with E-state index in [1.807, 2.05) is 0 Å². The summed E-state index contributed by atoms with van der Waals surface area (Å²) in [6, 6.07) is 3.40. The lowest BCUT2D eigenvalue weighted by Crippen LogP contribution is -2.19. The van der Waals surface area contributed by atoms with Crippen molar-refractivity contribution < 1.29 is 23.7 Å². The summed E-state index contributed by atoms with van der Waals surface area (Å²) < 4.78 is 20.1. The molecule has 0 atom stereocenters. The molecule has 1 N–H and O–H groups in total. The summed E-state index contributed by atoms with van der Waals surface area (Å²) in [5.74, 6) is 1.63. The number of hydrogen-bond acceptors (Lipinski definition) is 6. The fourth-order valence-electron chi connectivity index (χ4n) is 1.55. The Balaban J connectivity index is 3.18. The van der Waals surface area contributed by atoms with Crippen molar-refractivity contribution >= 4 is 11.8 Å². The zero-order valence-corrected chi connectivity index (χ0v) is 12.1. The Morgan fingerprint density at radius 1 is 1.00 bits per heavy atom. The molecular weight excluding hydrogens is 264 g/mol. The van der Waals surface area contributed by atoms with Gasteiger partial charge in [-0.2, -0.15) is 5.10 Å². The van der Waals surface area contributed by atoms with Crippen LogP contribution in [0.1, 0.15) is 12.5 Å². The third-order valence-electron chi connectivity index (χ3n) is 2.60. The van der Waals surface area contributed by atoms with Gasteiger partial charge in [0.25, 0.3) is 0 Å². The highest BCUT2D eigenvalue weighted by atomic mass is 16.5. The second-order valence-corrected chi connectivity index (χ2v) is 3.71. The van der Waals surface area contributed by atoms with E-state index in [4.69, 9.17) is 14.2 Å². The molecular formula is C13H18N2O5. The standard InChI is InChI=1S/C13H18N2O5/c1-8(14-15-13(16)20-5)9-6-11(18-3)12(19-4)7-10(9)17-2/h6-7H,1-5H3,(H,15,16)/b14-8+. The summed E-state index contributed by atoms with van der Waals surface area (Å²) in [5.41, 5.74) is 3.45. The Hall–Kier alpha value is -2.44. The van der Waals surface area contributed by atoms with Gasteiger partial charge in [0.15, 0.2) is 11.5 Å². The van der Waals surface area contributed by atoms with Crippen molar-refractivity contribution in [1.29, 1.82) is 0 Å². The smallest absolute Gasteiger partial charge is 0.427 e. The Bertz CT molecular complexity index is 514. The van der Waals surface area contributed by atoms with E-state index in [1.165, 1.54) is 28.4 Å². The van der Waals surface area contributed by atoms with Crippen LogP contribution in [0.25, 0.3) is 0 Å². The van der Waals surface area contributed by atoms with Gasteiger partial charge in [-0.05, 0) is 13.0 Å². The number of carbonyl (C=O) groups excluding carboxylic acids is 1. The van der Waals surface area contributed by atoms with Crippen LogP contribution in [0.15, 0.2) is 17.2 Å². The summed E-state index contributed by atoms with van der Waals surface area (Å²) in [6.45, 7) is 1.72. The number of ether oxygens (including phenoxy) is 4. The molecule has 20 heavy (non-hydrogen) atoms. The molecule has 0 aliphatic carbocycles. The van der Waals surface area contributed by atoms with E-state index in [0.29, 0.717) is 28.5 Å². The molecule has 7 heteroatoms. The monoisotopic (exact) mass is 282 g/mol. The number of nitrogens with one attached hydrogen (secondary N) is 1. The molecule has 1 aromatic carbocycles. The highest BCUT2D eigenvalue weighted by Gasteiger charge is 2.14. The van der Waals surface area contributed by atoms with Gasteiger partial charge in [0.05, 0.1) is 34.2 Å². The second-order valence-electron chi connectivity index (χ2n) is 3.71. The number of benzene rings is 1. The number of amides is 1. The summed E-state index contributed by atoms with van der Waals surface area (Å²) in [6.07, 6.45) is -0.649. The van der Waals surface area contributed by atoms with E-state index in [1.54, 1.807) is 19.1 Å². The van der Waals surface area contributed by atoms with Gasteiger partial charge in [-0.3, -0.25) is 0 Å². The van der Waals surface area contributed by atoms with Crippen LogP contribution in [-0.4, -0.2) is 40.2 Å². The van der Waals surface area contributed by atoms with Gasteiger partial charge in [-0.1, -0.05) is 0 Å². The number of methoxy groups -OCH3 is 4. The number of rotatable bonds is 5. The quantitative estimate of drug-likeness (QED) is 0.658. The van der Waals surface area contributed by atoms with E-state index >= 15 is 0 Å². The molecule has 0 spiro atoms. The van der Waals surface area contributed by atoms with E-state index in [9.17, 15) is 4.79 Å². The number of hydrazone groups is 1. The molecule has 0 aromatic heterocycles. The highest BCUT2D eigenvalue weighted by Crippen LogP contribution is 2.34. The van der Waals surface area contributed by atoms with E-state index in [-0.39, 0.29) is 0 Å². The summed E-state index contributed by atoms with van der Waals surface area (Å²) in [5, 5.41) is 3.92. The molecule has 0 aliphatic heterocycles. The van der Waals surface area contributed by atoms with Crippen LogP contribution in [0.4, 0.5) is 4.79 Å². The molecule has 7 nitrogen and oxygen atoms in total. The fraction of sp³-hybridized carbons (Fsp3) is 0.385. The van der Waals surface area contributed by atoms with Crippen molar-refractivity contribution in [3.8, 4) is 17.2 Å². The normalized spacial score (nSPS) is 10.8. The van der Waals surface area contributed by atoms with Crippen LogP contribution in [0.5, 0.6) is 17.2 Å². The van der Waals surface area contributed by atoms with Gasteiger partial charge in [0.1, 0.15) is 5.75 Å². The molecule has 110 valence electrons. The maximum atomic E-state index is 11.0. The Morgan fingerprint density at radius 2 is 1.55 bits per heavy atom. The predicted molar refractivity (Wildman–Crippen MR) is 73.8 cm³/mol. The van der Waals surface area contributed by atoms with Crippen molar-refractivity contribution in [3.05, 3.63) is 17.7 Å². The first kappa shape index (κ1) is 15.6. The van der Waals surface area contributed by atoms with Gasteiger partial charge < -0.3 is 18.9 Å². The summed E-state index contributed by atoms with van der Waals surface area (Å²) in [7, 11) is 5.87. The van der Waals surface area contributed by atoms with Crippen LogP contribution in [0.3, 0.4) is 0 Å². The zero-order chi connectivity index (χ0) is 15.1. The van der Waals surface area contributed by atoms with Crippen LogP contribution >= 0.6 is 0 Å². The van der Waals surface area contributed by atoms with Crippen molar-refractivity contribution in [2.45, 2.75) is 6.92 Å². The largest absolute Gasteiger partial charge is 0.496 e. The Labute approximate surface area is 117 Å². The molecule has 0 aliphatic rings. The van der Waals surface area contributed by atoms with Gasteiger partial charge in [-0.25, -0.2) is 10.2 Å². The van der Waals surface area contributed by atoms with Crippen LogP contribution < -0.4 is 19.6 Å². The van der Waals surface area contributed by atoms with Gasteiger partial charge in [-0.15, -0.1) is 0 Å². The predicted octanol–water partition coefficient (Wildman–Crippen LogP) is 1.79. The number of nitrogens with zero attached hydrogens (tertiary/aromatic N) is 1. The minimum absolute atomic E-state index is 0.535. The summed E-state index contributed by atoms with van der Waals surface area (Å²) >= 11 is 0. The highest BCUT2D eigenvalue weighted by molar-refractivity contribution is 6.02. The minimum atomic E-state index is -0.649. The van der Waals surface area contributed by atoms with Crippen LogP contribution in [-0.2, 0) is 4.74 Å². The van der Waals surface area contributed by atoms with Gasteiger partial charge >= 0.3 is 6.09 Å². The SMILES string of the molecule is COC(=O)N/N=C(\C)c1cc(OC)c(OC)cc1OC. The molecule has 0 heterocycles. The van der Waals surface area contributed by atoms with Crippen molar-refractivity contribution in [2.75, 3.05) is 28.4 Å². The van der Waals surface area contributed by atoms with Gasteiger partial charge in [0.2, 0.25) is 0 Å². The molecule has 1 aromatic rings. The van der Waals surface area contributed by atoms with E-state index < -0.39 is 6.09 Å². The third-order valence-corrected chi connectivity index (χ3v) is 2.60. The fourth-order valence-corrected chi connectivity index (χ4v) is 1.55. The Kier molecular flexibility index (Phi) is 5.64. The third kappa shape index (κ3) is 3.53. The molecule has 1 rings (SSSR count). The lowest BCUT2D eigenvalue weighted by atomic mass is 10.1. The molecule has 0 saturated carbocycles. The molecule has 0 radical (unpaired) electrons. The maximum Gasteiger partial charge on any atom is 0.427 e. The summed E-state index contributed by atoms with van der Waals surface area (Å²) in [4.78, 5) is 11.0. The first-order chi connectivity index (χ1) is 9.57. The molecule has 0 saturated heterocycles. The lowest BCUT2D eigenvalue weighted by molar-refractivity contribution is 0.171. The second kappa shape index (κ2) is 7.22. The molecule has 1 amide bonds. The average Bonchev–Trinajstić information content (AvgIpc) is 2.50. The van der Waals surface area contributed by atoms with Crippen molar-refractivity contribution in [1.82, 2.24) is 5.43 Å². The zero-order valence-electron chi connectivity index (χ0n) is 12.1. The average molecular weight is 282 g/mol. The van der Waals surface area contributed by atoms with Gasteiger partial charge in [0, 0.05) is 11.6 Å². The van der Waals surface area contributed by atoms with E-state index in [0.717, 1.165) is 0 Å². The number of hydrogen-bond donors (Lipinski definition) is 1. The first-order valence-electron chi connectivity index (χ1n) is 5.76. The lowest BCUT2D eigenvalue weighted by Gasteiger charge is -2.13. The van der Waals surface area contributed by atoms with Crippen LogP contribution in [0, 0.1) is 0 Å². The van der Waals surface area contributed by atoms with Crippen LogP contribution in [0.2, 0.25) is 0 Å². The molecule has 0 fully saturated rings. The Morgan fingerprint density at radius 3 is 2.05 bits per heavy atom. The topological polar surface area (TPSA) is 78.4 Å². The van der Waals surface area contributed by atoms with Crippen molar-refractivity contribution in [3.63, 3.8) is 0 Å². The molecule has 0 unspecified atom stereocenters. The number of carbonyl (C=O) groups is 1. The first-order valence-corrected chi connectivity index (χ1v) is 5.76. The minimum Gasteiger partial charge on any atom is -0.496 e. The molecule has 0 bridgehead atoms. The maximum absolute atomic E-state index is 11.0. The van der Waals surface area contributed by atoms with Crippen molar-refractivity contribution in [2.24, 2.45) is 5.10 Å².